The quantitative estimate of drug-likeness (QED) is 0.0460. The van der Waals surface area contributed by atoms with Gasteiger partial charge < -0.3 is 29.6 Å². The fourth-order valence-corrected chi connectivity index (χ4v) is 17.0. The second-order valence-electron chi connectivity index (χ2n) is 32.6. The summed E-state index contributed by atoms with van der Waals surface area (Å²) in [6.45, 7) is 22.5. The lowest BCUT2D eigenvalue weighted by Crippen LogP contribution is -2.23. The first-order chi connectivity index (χ1) is 60.4. The lowest BCUT2D eigenvalue weighted by Gasteiger charge is -2.13. The zero-order valence-corrected chi connectivity index (χ0v) is 79.7. The monoisotopic (exact) mass is 1870 g/mol. The number of rotatable bonds is 23. The number of thiophene rings is 4. The molecule has 12 aromatic heterocycles. The number of halogens is 9. The number of aliphatic hydroxyl groups excluding tert-OH is 1. The Bertz CT molecular complexity index is 5760. The van der Waals surface area contributed by atoms with Crippen LogP contribution in [0.15, 0.2) is 122 Å². The number of aliphatic hydroxyl groups is 1. The molecule has 12 aromatic rings. The molecule has 1 aliphatic carbocycles. The highest BCUT2D eigenvalue weighted by molar-refractivity contribution is 7.18. The first-order valence-corrected chi connectivity index (χ1v) is 44.9. The summed E-state index contributed by atoms with van der Waals surface area (Å²) < 4.78 is 124. The molecule has 0 aromatic carbocycles. The van der Waals surface area contributed by atoms with Crippen LogP contribution in [0.3, 0.4) is 0 Å². The van der Waals surface area contributed by atoms with Crippen molar-refractivity contribution in [2.75, 3.05) is 77.1 Å². The van der Waals surface area contributed by atoms with Crippen LogP contribution in [0.5, 0.6) is 0 Å². The number of aromatic nitrogens is 14. The number of amides is 5. The zero-order chi connectivity index (χ0) is 95.8. The van der Waals surface area contributed by atoms with Crippen molar-refractivity contribution in [1.82, 2.24) is 93.2 Å². The number of hydrogen-bond donors (Lipinski definition) is 1. The number of Topliss-reactive ketones (excluding diaryl/α,β-unsaturated/α-hetero) is 1. The van der Waals surface area contributed by atoms with Crippen molar-refractivity contribution < 1.29 is 73.4 Å². The predicted molar refractivity (Wildman–Crippen MR) is 487 cm³/mol. The van der Waals surface area contributed by atoms with Crippen molar-refractivity contribution in [2.45, 2.75) is 177 Å². The van der Waals surface area contributed by atoms with Gasteiger partial charge in [0.1, 0.15) is 40.7 Å². The van der Waals surface area contributed by atoms with Crippen LogP contribution in [-0.4, -0.2) is 217 Å². The molecule has 1 saturated carbocycles. The van der Waals surface area contributed by atoms with Gasteiger partial charge in [0, 0.05) is 137 Å². The maximum absolute atomic E-state index is 13.0. The van der Waals surface area contributed by atoms with Gasteiger partial charge in [-0.3, -0.25) is 66.8 Å². The van der Waals surface area contributed by atoms with E-state index in [2.05, 4.69) is 119 Å². The molecule has 0 unspecified atom stereocenters. The first kappa shape index (κ1) is 103. The Morgan fingerprint density at radius 3 is 1.32 bits per heavy atom. The minimum atomic E-state index is -4.90. The van der Waals surface area contributed by atoms with Crippen molar-refractivity contribution in [1.29, 1.82) is 0 Å². The van der Waals surface area contributed by atoms with Crippen molar-refractivity contribution in [2.24, 2.45) is 13.0 Å². The summed E-state index contributed by atoms with van der Waals surface area (Å²) in [5, 5.41) is 34.4. The Kier molecular flexibility index (Phi) is 35.8. The maximum Gasteiger partial charge on any atom is 0.435 e. The molecule has 26 nitrogen and oxygen atoms in total. The van der Waals surface area contributed by atoms with Crippen LogP contribution < -0.4 is 0 Å². The molecule has 696 valence electrons. The van der Waals surface area contributed by atoms with Gasteiger partial charge in [0.15, 0.2) is 11.5 Å². The van der Waals surface area contributed by atoms with Gasteiger partial charge in [0.05, 0.1) is 81.0 Å². The van der Waals surface area contributed by atoms with Gasteiger partial charge in [-0.25, -0.2) is 0 Å². The predicted octanol–water partition coefficient (Wildman–Crippen LogP) is 20.0. The van der Waals surface area contributed by atoms with E-state index in [9.17, 15) is 68.3 Å². The average molecular weight is 1870 g/mol. The summed E-state index contributed by atoms with van der Waals surface area (Å²) in [6.07, 6.45) is -5.73. The topological polar surface area (TPSA) is 272 Å². The Morgan fingerprint density at radius 1 is 0.457 bits per heavy atom. The molecule has 0 spiro atoms. The number of hydrogen-bond acceptors (Lipinski definition) is 19. The van der Waals surface area contributed by atoms with Crippen molar-refractivity contribution in [3.05, 3.63) is 187 Å². The fraction of sp³-hybridized carbons (Fsp3) is 0.444. The van der Waals surface area contributed by atoms with Gasteiger partial charge in [0.25, 0.3) is 29.5 Å². The van der Waals surface area contributed by atoms with Gasteiger partial charge in [-0.1, -0.05) is 75.2 Å². The van der Waals surface area contributed by atoms with Gasteiger partial charge in [0.2, 0.25) is 0 Å². The van der Waals surface area contributed by atoms with Crippen LogP contribution in [-0.2, 0) is 45.6 Å². The second kappa shape index (κ2) is 44.8. The minimum Gasteiger partial charge on any atom is -0.394 e. The molecule has 0 saturated heterocycles. The highest BCUT2D eigenvalue weighted by Gasteiger charge is 2.39. The first-order valence-electron chi connectivity index (χ1n) is 41.6. The fourth-order valence-electron chi connectivity index (χ4n) is 13.0. The summed E-state index contributed by atoms with van der Waals surface area (Å²) in [5.41, 5.74) is 6.30. The normalized spacial score (nSPS) is 12.2. The second-order valence-corrected chi connectivity index (χ2v) is 37.0. The molecule has 12 heterocycles. The van der Waals surface area contributed by atoms with Gasteiger partial charge in [-0.15, -0.1) is 45.3 Å². The molecule has 1 N–H and O–H groups in total. The molecule has 1 fully saturated rings. The number of carbonyl (C=O) groups excluding carboxylic acids is 6. The van der Waals surface area contributed by atoms with Crippen LogP contribution in [0.25, 0.3) is 64.8 Å². The van der Waals surface area contributed by atoms with E-state index in [1.807, 2.05) is 85.7 Å². The number of aryl methyl sites for hydroxylation is 4. The van der Waals surface area contributed by atoms with Crippen molar-refractivity contribution in [3.8, 4) is 64.8 Å². The van der Waals surface area contributed by atoms with Crippen molar-refractivity contribution in [3.63, 3.8) is 0 Å². The SMILES string of the molecule is CC(C)c1cc(-c2ccc(C(=O)N(C)C)s2)n(C2CCCC2)n1.CCCn1nc(-c2ccc(C(=O)N(C)C)s2)cc1C(C)C.CCn1nc(-c2ccc(C(=O)N(C)C)s2)cc1C(C)C.CN(C)C(=O)c1cc(-c2cc(C(F)(F)F)n(CCO)n2)ccn1.CN(C)C(=O)c1cc(-c2cc(C(F)(F)F)nn2CC(F)(F)F)ccn1.Cc1cc(-c2ccc(C(=O)C(C)C)s2)nn1C. The Hall–Kier alpha value is -11.3. The molecule has 5 amide bonds. The van der Waals surface area contributed by atoms with Gasteiger partial charge in [-0.2, -0.15) is 70.1 Å². The summed E-state index contributed by atoms with van der Waals surface area (Å²) in [6, 6.07) is 31.2. The number of ketones is 1. The summed E-state index contributed by atoms with van der Waals surface area (Å²) in [4.78, 5) is 94.1. The van der Waals surface area contributed by atoms with Crippen LogP contribution >= 0.6 is 45.3 Å². The van der Waals surface area contributed by atoms with Crippen LogP contribution in [0.4, 0.5) is 39.5 Å². The molecule has 0 radical (unpaired) electrons. The minimum absolute atomic E-state index is 0.0348. The zero-order valence-electron chi connectivity index (χ0n) is 76.4. The van der Waals surface area contributed by atoms with E-state index in [0.29, 0.717) is 40.1 Å². The van der Waals surface area contributed by atoms with E-state index in [4.69, 9.17) is 15.3 Å². The number of pyridine rings is 2. The Labute approximate surface area is 761 Å². The molecular weight excluding hydrogens is 1760 g/mol. The smallest absolute Gasteiger partial charge is 0.394 e. The molecule has 39 heteroatoms. The average Bonchev–Trinajstić information content (AvgIpc) is 1.64. The van der Waals surface area contributed by atoms with E-state index in [-0.39, 0.29) is 69.2 Å². The van der Waals surface area contributed by atoms with Crippen molar-refractivity contribution >= 4 is 80.7 Å². The standard InChI is InChI=1S/C18H25N3OS.C16H23N3OS.C15H21N3OS.C14H12F6N4O.C14H15F3N4O2.C13H16N2OS/c1-12(2)14-11-15(21(19-14)13-7-5-6-8-13)16-9-10-17(23-16)18(22)20(3)4;1-6-9-19-13(11(2)3)10-12(17-19)14-7-8-15(21-14)16(20)18(4)5;1-6-18-12(10(2)3)9-11(16-18)13-7-8-14(20-13)15(19)17(4)5;1-23(2)12(25)9-5-8(3-4-21-9)10-6-11(14(18,19)20)22-24(10)7-13(15,16)17;1-20(2)13(23)11-7-9(3-4-18-11)10-8-12(14(15,16)17)21(19-10)5-6-22;1-8(2)13(16)12-6-5-11(17-12)10-7-9(3)15(4)14-10/h9-13H,5-8H2,1-4H3;7-8,10-11H,6,9H2,1-5H3;7-10H,6H2,1-5H3;3-6H,7H2,1-2H3;3-4,7-8,22H,5-6H2,1-2H3;5-8H,1-4H3. The van der Waals surface area contributed by atoms with E-state index < -0.39 is 54.7 Å². The summed E-state index contributed by atoms with van der Waals surface area (Å²) in [5.74, 6) is 0.804. The molecule has 1 aliphatic rings. The van der Waals surface area contributed by atoms with Crippen LogP contribution in [0.1, 0.15) is 219 Å². The largest absolute Gasteiger partial charge is 0.435 e. The molecule has 129 heavy (non-hydrogen) atoms. The van der Waals surface area contributed by atoms with Gasteiger partial charge >= 0.3 is 18.5 Å². The highest BCUT2D eigenvalue weighted by atomic mass is 32.1. The highest BCUT2D eigenvalue weighted by Crippen LogP contribution is 2.41. The van der Waals surface area contributed by atoms with E-state index in [0.717, 1.165) is 105 Å². The van der Waals surface area contributed by atoms with Crippen LogP contribution in [0, 0.1) is 12.8 Å². The molecule has 0 bridgehead atoms. The maximum atomic E-state index is 13.0. The third-order valence-electron chi connectivity index (χ3n) is 19.9. The van der Waals surface area contributed by atoms with Crippen LogP contribution in [0.2, 0.25) is 0 Å². The van der Waals surface area contributed by atoms with Gasteiger partial charge in [-0.05, 0) is 160 Å². The Morgan fingerprint density at radius 2 is 0.899 bits per heavy atom. The van der Waals surface area contributed by atoms with E-state index in [1.165, 1.54) is 125 Å². The van der Waals surface area contributed by atoms with E-state index in [1.54, 1.807) is 82.4 Å². The number of carbonyl (C=O) groups is 6. The third-order valence-corrected chi connectivity index (χ3v) is 24.3. The lowest BCUT2D eigenvalue weighted by atomic mass is 10.1. The Balaban J connectivity index is 0.000000192. The molecule has 13 rings (SSSR count). The summed E-state index contributed by atoms with van der Waals surface area (Å²) in [7, 11) is 18.6. The number of alkyl halides is 9. The molecule has 0 atom stereocenters. The molecule has 0 aliphatic heterocycles. The summed E-state index contributed by atoms with van der Waals surface area (Å²) >= 11 is 6.09. The lowest BCUT2D eigenvalue weighted by molar-refractivity contribution is -0.148. The van der Waals surface area contributed by atoms with E-state index >= 15 is 0 Å². The number of nitrogens with zero attached hydrogens (tertiary/aromatic N) is 19. The third kappa shape index (κ3) is 27.4. The molecular formula is C90H112F9N19O7S4.